The van der Waals surface area contributed by atoms with Gasteiger partial charge < -0.3 is 20.5 Å². The third-order valence-corrected chi connectivity index (χ3v) is 5.39. The third kappa shape index (κ3) is 4.92. The van der Waals surface area contributed by atoms with E-state index < -0.39 is 17.7 Å². The van der Waals surface area contributed by atoms with E-state index in [0.717, 1.165) is 6.42 Å². The van der Waals surface area contributed by atoms with Gasteiger partial charge in [-0.25, -0.2) is 14.4 Å². The van der Waals surface area contributed by atoms with Gasteiger partial charge in [-0.1, -0.05) is 0 Å². The molecule has 4 rings (SSSR count). The molecule has 1 saturated heterocycles. The van der Waals surface area contributed by atoms with Gasteiger partial charge in [0.05, 0.1) is 47.8 Å². The first-order valence-electron chi connectivity index (χ1n) is 10.5. The lowest BCUT2D eigenvalue weighted by Gasteiger charge is -2.23. The summed E-state index contributed by atoms with van der Waals surface area (Å²) < 4.78 is 21.0. The maximum Gasteiger partial charge on any atom is 0.255 e. The summed E-state index contributed by atoms with van der Waals surface area (Å²) in [6.45, 7) is 3.45. The van der Waals surface area contributed by atoms with Crippen molar-refractivity contribution in [1.82, 2.24) is 25.1 Å². The van der Waals surface area contributed by atoms with Crippen LogP contribution in [-0.2, 0) is 4.74 Å². The number of aliphatic hydroxyl groups is 1. The number of nitrogens with zero attached hydrogens (tertiary/aromatic N) is 5. The molecule has 0 saturated carbocycles. The van der Waals surface area contributed by atoms with E-state index >= 15 is 0 Å². The van der Waals surface area contributed by atoms with Gasteiger partial charge in [0.15, 0.2) is 11.5 Å². The number of fused-ring (bicyclic) bond motifs is 1. The summed E-state index contributed by atoms with van der Waals surface area (Å²) in [5, 5.41) is 29.7. The summed E-state index contributed by atoms with van der Waals surface area (Å²) in [4.78, 5) is 21.5. The SMILES string of the molecule is CC(C)(O)[C@H](F)CNC(=O)c1cnc(-n2ncc3cc(C#N)cnc32)cc1N[C@@H]1CCOC1. The van der Waals surface area contributed by atoms with E-state index in [1.54, 1.807) is 18.3 Å². The normalized spacial score (nSPS) is 17.0. The summed E-state index contributed by atoms with van der Waals surface area (Å²) in [6.07, 6.45) is 3.56. The third-order valence-electron chi connectivity index (χ3n) is 5.39. The van der Waals surface area contributed by atoms with E-state index in [1.807, 2.05) is 6.07 Å². The zero-order valence-corrected chi connectivity index (χ0v) is 18.2. The number of hydrogen-bond donors (Lipinski definition) is 3. The number of carbonyl (C=O) groups is 1. The number of rotatable bonds is 7. The van der Waals surface area contributed by atoms with Crippen molar-refractivity contribution in [2.75, 3.05) is 25.1 Å². The Morgan fingerprint density at radius 3 is 2.91 bits per heavy atom. The van der Waals surface area contributed by atoms with Crippen LogP contribution in [0.15, 0.2) is 30.7 Å². The highest BCUT2D eigenvalue weighted by atomic mass is 19.1. The van der Waals surface area contributed by atoms with Crippen LogP contribution in [0.25, 0.3) is 16.9 Å². The summed E-state index contributed by atoms with van der Waals surface area (Å²) >= 11 is 0. The van der Waals surface area contributed by atoms with Crippen molar-refractivity contribution in [2.45, 2.75) is 38.1 Å². The molecule has 11 heteroatoms. The number of alkyl halides is 1. The van der Waals surface area contributed by atoms with Crippen LogP contribution in [-0.4, -0.2) is 68.3 Å². The molecule has 0 aliphatic carbocycles. The van der Waals surface area contributed by atoms with Crippen molar-refractivity contribution in [3.05, 3.63) is 41.9 Å². The maximum atomic E-state index is 14.1. The van der Waals surface area contributed by atoms with Crippen molar-refractivity contribution in [2.24, 2.45) is 0 Å². The molecule has 0 bridgehead atoms. The number of nitrogens with one attached hydrogen (secondary N) is 2. The van der Waals surface area contributed by atoms with Crippen LogP contribution in [0, 0.1) is 11.3 Å². The number of carbonyl (C=O) groups excluding carboxylic acids is 1. The van der Waals surface area contributed by atoms with Gasteiger partial charge >= 0.3 is 0 Å². The maximum absolute atomic E-state index is 14.1. The van der Waals surface area contributed by atoms with E-state index in [0.29, 0.717) is 41.3 Å². The van der Waals surface area contributed by atoms with E-state index in [2.05, 4.69) is 25.7 Å². The Hall–Kier alpha value is -3.62. The molecule has 1 fully saturated rings. The van der Waals surface area contributed by atoms with Gasteiger partial charge in [-0.3, -0.25) is 4.79 Å². The molecule has 3 N–H and O–H groups in total. The molecular formula is C22H24FN7O3. The van der Waals surface area contributed by atoms with Crippen molar-refractivity contribution < 1.29 is 19.0 Å². The lowest BCUT2D eigenvalue weighted by Crippen LogP contribution is -2.42. The fourth-order valence-electron chi connectivity index (χ4n) is 3.41. The van der Waals surface area contributed by atoms with Gasteiger partial charge in [-0.2, -0.15) is 15.0 Å². The van der Waals surface area contributed by atoms with Crippen LogP contribution in [0.1, 0.15) is 36.2 Å². The van der Waals surface area contributed by atoms with Crippen LogP contribution >= 0.6 is 0 Å². The minimum Gasteiger partial charge on any atom is -0.387 e. The van der Waals surface area contributed by atoms with Crippen LogP contribution in [0.2, 0.25) is 0 Å². The van der Waals surface area contributed by atoms with E-state index in [-0.39, 0.29) is 18.2 Å². The highest BCUT2D eigenvalue weighted by molar-refractivity contribution is 5.99. The van der Waals surface area contributed by atoms with Crippen molar-refractivity contribution >= 4 is 22.6 Å². The molecule has 172 valence electrons. The summed E-state index contributed by atoms with van der Waals surface area (Å²) in [5.41, 5.74) is 0.0768. The summed E-state index contributed by atoms with van der Waals surface area (Å²) in [5.74, 6) is -0.107. The number of amides is 1. The predicted octanol–water partition coefficient (Wildman–Crippen LogP) is 1.73. The molecule has 0 aromatic carbocycles. The van der Waals surface area contributed by atoms with Gasteiger partial charge in [-0.15, -0.1) is 0 Å². The van der Waals surface area contributed by atoms with Gasteiger partial charge in [0.2, 0.25) is 0 Å². The molecule has 1 aliphatic rings. The number of hydrogen-bond acceptors (Lipinski definition) is 8. The molecule has 1 aliphatic heterocycles. The van der Waals surface area contributed by atoms with Crippen molar-refractivity contribution in [3.8, 4) is 11.9 Å². The first kappa shape index (κ1) is 22.6. The van der Waals surface area contributed by atoms with Crippen molar-refractivity contribution in [1.29, 1.82) is 5.26 Å². The Kier molecular flexibility index (Phi) is 6.22. The molecule has 1 amide bonds. The summed E-state index contributed by atoms with van der Waals surface area (Å²) in [7, 11) is 0. The largest absolute Gasteiger partial charge is 0.387 e. The molecule has 3 aromatic heterocycles. The Labute approximate surface area is 189 Å². The smallest absolute Gasteiger partial charge is 0.255 e. The average Bonchev–Trinajstić information content (AvgIpc) is 3.45. The van der Waals surface area contributed by atoms with Gasteiger partial charge in [0.25, 0.3) is 5.91 Å². The first-order chi connectivity index (χ1) is 15.8. The van der Waals surface area contributed by atoms with Gasteiger partial charge in [0.1, 0.15) is 12.2 Å². The van der Waals surface area contributed by atoms with E-state index in [1.165, 1.54) is 30.9 Å². The van der Waals surface area contributed by atoms with Crippen LogP contribution in [0.3, 0.4) is 0 Å². The fourth-order valence-corrected chi connectivity index (χ4v) is 3.41. The number of halogens is 1. The second kappa shape index (κ2) is 9.09. The minimum absolute atomic E-state index is 0.00257. The molecule has 0 unspecified atom stereocenters. The monoisotopic (exact) mass is 453 g/mol. The number of nitriles is 1. The second-order valence-electron chi connectivity index (χ2n) is 8.43. The predicted molar refractivity (Wildman–Crippen MR) is 118 cm³/mol. The molecule has 33 heavy (non-hydrogen) atoms. The number of aromatic nitrogens is 4. The number of ether oxygens (including phenoxy) is 1. The van der Waals surface area contributed by atoms with Gasteiger partial charge in [0, 0.05) is 30.5 Å². The summed E-state index contributed by atoms with van der Waals surface area (Å²) in [6, 6.07) is 5.39. The van der Waals surface area contributed by atoms with Crippen LogP contribution < -0.4 is 10.6 Å². The lowest BCUT2D eigenvalue weighted by atomic mass is 10.0. The Bertz CT molecular complexity index is 1210. The molecule has 0 radical (unpaired) electrons. The molecule has 3 aromatic rings. The standard InChI is InChI=1S/C22H24FN7O3/c1-22(2,32)18(23)11-27-21(31)16-10-25-19(6-17(16)29-15-3-4-33-12-15)30-20-14(9-28-30)5-13(7-24)8-26-20/h5-6,8-10,15,18,32H,3-4,11-12H2,1-2H3,(H,25,29)(H,27,31)/t15-,18-/m1/s1. The molecule has 10 nitrogen and oxygen atoms in total. The zero-order chi connectivity index (χ0) is 23.6. The highest BCUT2D eigenvalue weighted by Gasteiger charge is 2.28. The average molecular weight is 453 g/mol. The number of anilines is 1. The van der Waals surface area contributed by atoms with E-state index in [4.69, 9.17) is 10.00 Å². The van der Waals surface area contributed by atoms with Crippen LogP contribution in [0.5, 0.6) is 0 Å². The van der Waals surface area contributed by atoms with Crippen LogP contribution in [0.4, 0.5) is 10.1 Å². The molecule has 2 atom stereocenters. The Morgan fingerprint density at radius 2 is 2.21 bits per heavy atom. The Morgan fingerprint density at radius 1 is 1.39 bits per heavy atom. The van der Waals surface area contributed by atoms with Gasteiger partial charge in [-0.05, 0) is 26.3 Å². The number of pyridine rings is 2. The quantitative estimate of drug-likeness (QED) is 0.492. The molecule has 0 spiro atoms. The van der Waals surface area contributed by atoms with E-state index in [9.17, 15) is 14.3 Å². The highest BCUT2D eigenvalue weighted by Crippen LogP contribution is 2.24. The lowest BCUT2D eigenvalue weighted by molar-refractivity contribution is -0.00177. The van der Waals surface area contributed by atoms with Crippen molar-refractivity contribution in [3.63, 3.8) is 0 Å². The molecule has 4 heterocycles. The Balaban J connectivity index is 1.65. The fraction of sp³-hybridized carbons (Fsp3) is 0.409. The second-order valence-corrected chi connectivity index (χ2v) is 8.43. The first-order valence-corrected chi connectivity index (χ1v) is 10.5. The topological polar surface area (TPSA) is 138 Å². The minimum atomic E-state index is -1.63. The molecular weight excluding hydrogens is 429 g/mol. The zero-order valence-electron chi connectivity index (χ0n) is 18.2.